The number of hydrogen-bond acceptors (Lipinski definition) is 4. The Balaban J connectivity index is 1.33. The number of aromatic nitrogens is 3. The van der Waals surface area contributed by atoms with Crippen LogP contribution in [0.25, 0.3) is 16.6 Å². The van der Waals surface area contributed by atoms with E-state index in [0.717, 1.165) is 16.6 Å². The molecular formula is C20H18FN5O3S. The zero-order chi connectivity index (χ0) is 21.1. The van der Waals surface area contributed by atoms with Gasteiger partial charge in [-0.05, 0) is 47.5 Å². The van der Waals surface area contributed by atoms with Crippen LogP contribution < -0.4 is 10.0 Å². The molecule has 1 aromatic carbocycles. The van der Waals surface area contributed by atoms with E-state index in [-0.39, 0.29) is 23.8 Å². The molecule has 0 fully saturated rings. The van der Waals surface area contributed by atoms with E-state index in [1.165, 1.54) is 12.1 Å². The number of sulfonamides is 1. The van der Waals surface area contributed by atoms with Crippen molar-refractivity contribution in [2.45, 2.75) is 0 Å². The first-order chi connectivity index (χ1) is 14.4. The highest BCUT2D eigenvalue weighted by Crippen LogP contribution is 2.20. The summed E-state index contributed by atoms with van der Waals surface area (Å²) in [6, 6.07) is 12.5. The molecule has 3 aromatic heterocycles. The lowest BCUT2D eigenvalue weighted by atomic mass is 10.1. The first-order valence-electron chi connectivity index (χ1n) is 9.06. The van der Waals surface area contributed by atoms with Crippen molar-refractivity contribution in [1.82, 2.24) is 19.9 Å². The van der Waals surface area contributed by atoms with Crippen LogP contribution in [0.2, 0.25) is 0 Å². The minimum absolute atomic E-state index is 0.0615. The molecule has 8 nitrogen and oxygen atoms in total. The topological polar surface area (TPSA) is 108 Å². The summed E-state index contributed by atoms with van der Waals surface area (Å²) in [7, 11) is -3.65. The van der Waals surface area contributed by atoms with Gasteiger partial charge in [0.25, 0.3) is 5.91 Å². The van der Waals surface area contributed by atoms with Gasteiger partial charge in [-0.1, -0.05) is 12.1 Å². The number of anilines is 1. The molecule has 0 saturated carbocycles. The quantitative estimate of drug-likeness (QED) is 0.421. The molecule has 4 rings (SSSR count). The van der Waals surface area contributed by atoms with Crippen LogP contribution >= 0.6 is 0 Å². The number of amides is 1. The number of aromatic amines is 1. The van der Waals surface area contributed by atoms with E-state index >= 15 is 0 Å². The maximum atomic E-state index is 13.0. The predicted molar refractivity (Wildman–Crippen MR) is 111 cm³/mol. The van der Waals surface area contributed by atoms with Crippen molar-refractivity contribution in [1.29, 1.82) is 0 Å². The van der Waals surface area contributed by atoms with Crippen molar-refractivity contribution < 1.29 is 17.6 Å². The van der Waals surface area contributed by atoms with Crippen LogP contribution in [0.15, 0.2) is 67.1 Å². The third-order valence-corrected chi connectivity index (χ3v) is 5.72. The van der Waals surface area contributed by atoms with Crippen LogP contribution in [-0.4, -0.2) is 41.2 Å². The largest absolute Gasteiger partial charge is 0.357 e. The number of carbonyl (C=O) groups excluding carboxylic acids is 1. The third kappa shape index (κ3) is 4.49. The summed E-state index contributed by atoms with van der Waals surface area (Å²) >= 11 is 0. The molecule has 10 heteroatoms. The molecule has 3 heterocycles. The normalized spacial score (nSPS) is 11.5. The first-order valence-corrected chi connectivity index (χ1v) is 10.7. The minimum Gasteiger partial charge on any atom is -0.357 e. The second-order valence-electron chi connectivity index (χ2n) is 6.60. The standard InChI is InChI=1S/C20H18FN5O3S/c21-16-3-1-14(2-4-16)15-11-19(23-13-15)20(27)22-8-10-30(28,29)25-17-6-9-26-18(12-17)5-7-24-26/h1-7,9,11-13,23,25H,8,10H2,(H,22,27). The number of benzene rings is 1. The predicted octanol–water partition coefficient (Wildman–Crippen LogP) is 2.64. The number of pyridine rings is 1. The fourth-order valence-electron chi connectivity index (χ4n) is 2.94. The Morgan fingerprint density at radius 3 is 2.70 bits per heavy atom. The fourth-order valence-corrected chi connectivity index (χ4v) is 3.90. The monoisotopic (exact) mass is 427 g/mol. The van der Waals surface area contributed by atoms with Gasteiger partial charge >= 0.3 is 0 Å². The summed E-state index contributed by atoms with van der Waals surface area (Å²) in [5, 5.41) is 6.63. The molecule has 154 valence electrons. The van der Waals surface area contributed by atoms with Crippen molar-refractivity contribution in [2.24, 2.45) is 0 Å². The summed E-state index contributed by atoms with van der Waals surface area (Å²) in [4.78, 5) is 15.1. The van der Waals surface area contributed by atoms with E-state index in [4.69, 9.17) is 0 Å². The maximum Gasteiger partial charge on any atom is 0.267 e. The second kappa shape index (κ2) is 7.99. The van der Waals surface area contributed by atoms with Gasteiger partial charge in [0, 0.05) is 25.1 Å². The summed E-state index contributed by atoms with van der Waals surface area (Å²) in [6.45, 7) is -0.0615. The smallest absolute Gasteiger partial charge is 0.267 e. The molecule has 0 aliphatic rings. The third-order valence-electron chi connectivity index (χ3n) is 4.43. The average molecular weight is 427 g/mol. The lowest BCUT2D eigenvalue weighted by Crippen LogP contribution is -2.31. The molecule has 3 N–H and O–H groups in total. The van der Waals surface area contributed by atoms with Crippen molar-refractivity contribution in [3.8, 4) is 11.1 Å². The van der Waals surface area contributed by atoms with E-state index in [2.05, 4.69) is 20.1 Å². The van der Waals surface area contributed by atoms with Crippen molar-refractivity contribution in [3.05, 3.63) is 78.6 Å². The van der Waals surface area contributed by atoms with Gasteiger partial charge in [0.05, 0.1) is 17.0 Å². The Labute approximate surface area is 171 Å². The van der Waals surface area contributed by atoms with Gasteiger partial charge in [0.2, 0.25) is 10.0 Å². The minimum atomic E-state index is -3.65. The molecular weight excluding hydrogens is 409 g/mol. The Kier molecular flexibility index (Phi) is 5.23. The Morgan fingerprint density at radius 2 is 1.90 bits per heavy atom. The highest BCUT2D eigenvalue weighted by atomic mass is 32.2. The Bertz CT molecular complexity index is 1300. The lowest BCUT2D eigenvalue weighted by Gasteiger charge is -2.09. The van der Waals surface area contributed by atoms with Gasteiger partial charge < -0.3 is 10.3 Å². The van der Waals surface area contributed by atoms with Crippen molar-refractivity contribution in [3.63, 3.8) is 0 Å². The molecule has 1 amide bonds. The SMILES string of the molecule is O=C(NCCS(=O)(=O)Nc1ccn2nccc2c1)c1cc(-c2ccc(F)cc2)c[nH]1. The van der Waals surface area contributed by atoms with Crippen LogP contribution in [0.4, 0.5) is 10.1 Å². The van der Waals surface area contributed by atoms with E-state index in [9.17, 15) is 17.6 Å². The summed E-state index contributed by atoms with van der Waals surface area (Å²) in [5.41, 5.74) is 2.94. The van der Waals surface area contributed by atoms with Crippen LogP contribution in [0.3, 0.4) is 0 Å². The average Bonchev–Trinajstić information content (AvgIpc) is 3.37. The molecule has 0 unspecified atom stereocenters. The fraction of sp³-hybridized carbons (Fsp3) is 0.100. The van der Waals surface area contributed by atoms with Gasteiger partial charge in [-0.2, -0.15) is 5.10 Å². The highest BCUT2D eigenvalue weighted by molar-refractivity contribution is 7.92. The zero-order valence-electron chi connectivity index (χ0n) is 15.7. The van der Waals surface area contributed by atoms with E-state index in [1.807, 2.05) is 0 Å². The number of H-pyrrole nitrogens is 1. The number of nitrogens with one attached hydrogen (secondary N) is 3. The number of carbonyl (C=O) groups is 1. The summed E-state index contributed by atoms with van der Waals surface area (Å²) < 4.78 is 41.7. The van der Waals surface area contributed by atoms with Crippen LogP contribution in [-0.2, 0) is 10.0 Å². The molecule has 0 aliphatic heterocycles. The Morgan fingerprint density at radius 1 is 1.10 bits per heavy atom. The number of halogens is 1. The molecule has 0 saturated heterocycles. The highest BCUT2D eigenvalue weighted by Gasteiger charge is 2.14. The molecule has 0 bridgehead atoms. The number of hydrogen-bond donors (Lipinski definition) is 3. The van der Waals surface area contributed by atoms with E-state index in [1.54, 1.807) is 59.5 Å². The molecule has 4 aromatic rings. The summed E-state index contributed by atoms with van der Waals surface area (Å²) in [5.74, 6) is -1.05. The molecule has 30 heavy (non-hydrogen) atoms. The van der Waals surface area contributed by atoms with Crippen LogP contribution in [0.5, 0.6) is 0 Å². The zero-order valence-corrected chi connectivity index (χ0v) is 16.5. The van der Waals surface area contributed by atoms with Crippen LogP contribution in [0, 0.1) is 5.82 Å². The van der Waals surface area contributed by atoms with Gasteiger partial charge in [-0.15, -0.1) is 0 Å². The molecule has 0 atom stereocenters. The first kappa shape index (κ1) is 19.6. The molecule has 0 aliphatic carbocycles. The van der Waals surface area contributed by atoms with Gasteiger partial charge in [-0.25, -0.2) is 17.3 Å². The second-order valence-corrected chi connectivity index (χ2v) is 8.44. The van der Waals surface area contributed by atoms with E-state index < -0.39 is 15.9 Å². The van der Waals surface area contributed by atoms with Crippen molar-refractivity contribution in [2.75, 3.05) is 17.0 Å². The number of rotatable bonds is 7. The van der Waals surface area contributed by atoms with Gasteiger partial charge in [0.15, 0.2) is 0 Å². The van der Waals surface area contributed by atoms with Crippen molar-refractivity contribution >= 4 is 27.1 Å². The maximum absolute atomic E-state index is 13.0. The number of fused-ring (bicyclic) bond motifs is 1. The molecule has 0 radical (unpaired) electrons. The van der Waals surface area contributed by atoms with Crippen LogP contribution in [0.1, 0.15) is 10.5 Å². The summed E-state index contributed by atoms with van der Waals surface area (Å²) in [6.07, 6.45) is 4.90. The number of nitrogens with zero attached hydrogens (tertiary/aromatic N) is 2. The molecule has 0 spiro atoms. The van der Waals surface area contributed by atoms with Gasteiger partial charge in [0.1, 0.15) is 11.5 Å². The lowest BCUT2D eigenvalue weighted by molar-refractivity contribution is 0.0952. The Hall–Kier alpha value is -3.66. The van der Waals surface area contributed by atoms with Gasteiger partial charge in [-0.3, -0.25) is 9.52 Å². The van der Waals surface area contributed by atoms with E-state index in [0.29, 0.717) is 5.69 Å².